The van der Waals surface area contributed by atoms with Gasteiger partial charge in [-0.2, -0.15) is 0 Å². The second-order valence-electron chi connectivity index (χ2n) is 4.29. The Hall–Kier alpha value is -2.28. The lowest BCUT2D eigenvalue weighted by molar-refractivity contribution is 0.318. The first kappa shape index (κ1) is 15.1. The van der Waals surface area contributed by atoms with Gasteiger partial charge >= 0.3 is 0 Å². The zero-order valence-electron chi connectivity index (χ0n) is 11.8. The first-order valence-corrected chi connectivity index (χ1v) is 7.20. The van der Waals surface area contributed by atoms with Crippen molar-refractivity contribution >= 4 is 17.6 Å². The number of ether oxygens (including phenoxy) is 1. The summed E-state index contributed by atoms with van der Waals surface area (Å²) in [5, 5.41) is 12.5. The monoisotopic (exact) mass is 304 g/mol. The highest BCUT2D eigenvalue weighted by molar-refractivity contribution is 7.98. The maximum Gasteiger partial charge on any atom is 0.188 e. The van der Waals surface area contributed by atoms with Gasteiger partial charge in [-0.15, -0.1) is 0 Å². The number of rotatable bonds is 5. The third kappa shape index (κ3) is 3.85. The van der Waals surface area contributed by atoms with E-state index in [1.165, 1.54) is 11.8 Å². The van der Waals surface area contributed by atoms with Crippen molar-refractivity contribution in [2.24, 2.45) is 10.9 Å². The smallest absolute Gasteiger partial charge is 0.188 e. The number of aryl methyl sites for hydroxylation is 1. The molecule has 0 unspecified atom stereocenters. The Morgan fingerprint density at radius 2 is 2.24 bits per heavy atom. The lowest BCUT2D eigenvalue weighted by Gasteiger charge is -2.09. The standard InChI is InChI=1S/C14H16N4O2S/c1-9-5-6-16-14(17-9)21-8-10-3-4-11(13(15)18-19)12(7-10)20-2/h3-7,19H,8H2,1-2H3,(H2,15,18). The van der Waals surface area contributed by atoms with Crippen molar-refractivity contribution in [3.63, 3.8) is 0 Å². The SMILES string of the molecule is COc1cc(CSc2nccc(C)n2)ccc1/C(N)=N/O. The lowest BCUT2D eigenvalue weighted by Crippen LogP contribution is -2.14. The van der Waals surface area contributed by atoms with E-state index in [0.717, 1.165) is 16.4 Å². The van der Waals surface area contributed by atoms with E-state index in [1.54, 1.807) is 19.4 Å². The van der Waals surface area contributed by atoms with Crippen LogP contribution in [0.5, 0.6) is 5.75 Å². The number of hydrogen-bond donors (Lipinski definition) is 2. The van der Waals surface area contributed by atoms with Crippen LogP contribution in [0.3, 0.4) is 0 Å². The fourth-order valence-electron chi connectivity index (χ4n) is 1.73. The second-order valence-corrected chi connectivity index (χ2v) is 5.23. The Labute approximate surface area is 127 Å². The van der Waals surface area contributed by atoms with E-state index in [1.807, 2.05) is 25.1 Å². The first-order chi connectivity index (χ1) is 10.1. The highest BCUT2D eigenvalue weighted by Gasteiger charge is 2.09. The van der Waals surface area contributed by atoms with Crippen molar-refractivity contribution in [3.8, 4) is 5.75 Å². The van der Waals surface area contributed by atoms with Gasteiger partial charge in [0, 0.05) is 17.6 Å². The third-order valence-electron chi connectivity index (χ3n) is 2.79. The highest BCUT2D eigenvalue weighted by atomic mass is 32.2. The molecule has 1 aromatic carbocycles. The van der Waals surface area contributed by atoms with Crippen LogP contribution in [-0.2, 0) is 5.75 Å². The average Bonchev–Trinajstić information content (AvgIpc) is 2.52. The molecule has 110 valence electrons. The summed E-state index contributed by atoms with van der Waals surface area (Å²) in [4.78, 5) is 8.54. The summed E-state index contributed by atoms with van der Waals surface area (Å²) in [5.74, 6) is 1.29. The average molecular weight is 304 g/mol. The summed E-state index contributed by atoms with van der Waals surface area (Å²) in [6.07, 6.45) is 1.74. The summed E-state index contributed by atoms with van der Waals surface area (Å²) >= 11 is 1.54. The third-order valence-corrected chi connectivity index (χ3v) is 3.72. The molecule has 7 heteroatoms. The van der Waals surface area contributed by atoms with Crippen LogP contribution in [0.15, 0.2) is 40.8 Å². The summed E-state index contributed by atoms with van der Waals surface area (Å²) in [6, 6.07) is 7.38. The van der Waals surface area contributed by atoms with Gasteiger partial charge in [-0.1, -0.05) is 23.0 Å². The van der Waals surface area contributed by atoms with Crippen LogP contribution in [0.1, 0.15) is 16.8 Å². The molecule has 6 nitrogen and oxygen atoms in total. The Morgan fingerprint density at radius 1 is 1.43 bits per heavy atom. The molecular weight excluding hydrogens is 288 g/mol. The Morgan fingerprint density at radius 3 is 2.90 bits per heavy atom. The molecule has 0 amide bonds. The normalized spacial score (nSPS) is 11.4. The van der Waals surface area contributed by atoms with Gasteiger partial charge in [0.1, 0.15) is 5.75 Å². The van der Waals surface area contributed by atoms with Gasteiger partial charge in [0.2, 0.25) is 0 Å². The molecule has 0 aliphatic rings. The zero-order chi connectivity index (χ0) is 15.2. The van der Waals surface area contributed by atoms with E-state index >= 15 is 0 Å². The van der Waals surface area contributed by atoms with Gasteiger partial charge in [0.15, 0.2) is 11.0 Å². The lowest BCUT2D eigenvalue weighted by atomic mass is 10.1. The van der Waals surface area contributed by atoms with E-state index in [2.05, 4.69) is 15.1 Å². The van der Waals surface area contributed by atoms with Crippen molar-refractivity contribution in [1.82, 2.24) is 9.97 Å². The number of amidine groups is 1. The van der Waals surface area contributed by atoms with E-state index in [9.17, 15) is 0 Å². The van der Waals surface area contributed by atoms with Crippen LogP contribution >= 0.6 is 11.8 Å². The number of aromatic nitrogens is 2. The number of hydrogen-bond acceptors (Lipinski definition) is 6. The van der Waals surface area contributed by atoms with E-state index in [4.69, 9.17) is 15.7 Å². The van der Waals surface area contributed by atoms with E-state index < -0.39 is 0 Å². The molecule has 0 aliphatic heterocycles. The molecular formula is C14H16N4O2S. The van der Waals surface area contributed by atoms with E-state index in [0.29, 0.717) is 17.1 Å². The van der Waals surface area contributed by atoms with Crippen LogP contribution in [-0.4, -0.2) is 28.1 Å². The number of benzene rings is 1. The van der Waals surface area contributed by atoms with Crippen LogP contribution in [0.4, 0.5) is 0 Å². The molecule has 0 saturated carbocycles. The van der Waals surface area contributed by atoms with Crippen LogP contribution in [0.2, 0.25) is 0 Å². The molecule has 1 heterocycles. The first-order valence-electron chi connectivity index (χ1n) is 6.21. The molecule has 0 saturated heterocycles. The molecule has 3 N–H and O–H groups in total. The maximum absolute atomic E-state index is 8.74. The van der Waals surface area contributed by atoms with Crippen molar-refractivity contribution < 1.29 is 9.94 Å². The summed E-state index contributed by atoms with van der Waals surface area (Å²) in [7, 11) is 1.55. The van der Waals surface area contributed by atoms with Gasteiger partial charge in [-0.05, 0) is 30.7 Å². The number of methoxy groups -OCH3 is 1. The number of nitrogens with zero attached hydrogens (tertiary/aromatic N) is 3. The molecule has 0 fully saturated rings. The quantitative estimate of drug-likeness (QED) is 0.220. The van der Waals surface area contributed by atoms with Gasteiger partial charge in [-0.25, -0.2) is 9.97 Å². The molecule has 21 heavy (non-hydrogen) atoms. The minimum Gasteiger partial charge on any atom is -0.496 e. The van der Waals surface area contributed by atoms with Gasteiger partial charge in [-0.3, -0.25) is 0 Å². The van der Waals surface area contributed by atoms with Crippen molar-refractivity contribution in [3.05, 3.63) is 47.3 Å². The molecule has 0 bridgehead atoms. The van der Waals surface area contributed by atoms with E-state index in [-0.39, 0.29) is 5.84 Å². The Bertz CT molecular complexity index is 661. The predicted octanol–water partition coefficient (Wildman–Crippen LogP) is 2.18. The molecule has 2 aromatic rings. The van der Waals surface area contributed by atoms with Crippen LogP contribution < -0.4 is 10.5 Å². The molecule has 1 aromatic heterocycles. The van der Waals surface area contributed by atoms with Crippen LogP contribution in [0, 0.1) is 6.92 Å². The largest absolute Gasteiger partial charge is 0.496 e. The topological polar surface area (TPSA) is 93.6 Å². The maximum atomic E-state index is 8.74. The fraction of sp³-hybridized carbons (Fsp3) is 0.214. The van der Waals surface area contributed by atoms with Gasteiger partial charge < -0.3 is 15.7 Å². The minimum absolute atomic E-state index is 0.0214. The van der Waals surface area contributed by atoms with Gasteiger partial charge in [0.25, 0.3) is 0 Å². The van der Waals surface area contributed by atoms with Crippen molar-refractivity contribution in [1.29, 1.82) is 0 Å². The summed E-state index contributed by atoms with van der Waals surface area (Å²) in [6.45, 7) is 1.93. The molecule has 0 atom stereocenters. The van der Waals surface area contributed by atoms with Crippen molar-refractivity contribution in [2.45, 2.75) is 17.8 Å². The summed E-state index contributed by atoms with van der Waals surface area (Å²) in [5.41, 5.74) is 8.13. The van der Waals surface area contributed by atoms with Gasteiger partial charge in [0.05, 0.1) is 12.7 Å². The van der Waals surface area contributed by atoms with Crippen molar-refractivity contribution in [2.75, 3.05) is 7.11 Å². The molecule has 2 rings (SSSR count). The number of nitrogens with two attached hydrogens (primary N) is 1. The Balaban J connectivity index is 2.14. The Kier molecular flexibility index (Phi) is 4.99. The minimum atomic E-state index is 0.0214. The number of thioether (sulfide) groups is 1. The molecule has 0 radical (unpaired) electrons. The zero-order valence-corrected chi connectivity index (χ0v) is 12.6. The second kappa shape index (κ2) is 6.94. The van der Waals surface area contributed by atoms with Crippen LogP contribution in [0.25, 0.3) is 0 Å². The predicted molar refractivity (Wildman–Crippen MR) is 81.8 cm³/mol. The molecule has 0 spiro atoms. The highest BCUT2D eigenvalue weighted by Crippen LogP contribution is 2.25. The molecule has 0 aliphatic carbocycles. The number of oxime groups is 1. The fourth-order valence-corrected chi connectivity index (χ4v) is 2.55. The summed E-state index contributed by atoms with van der Waals surface area (Å²) < 4.78 is 5.27.